The molecule has 2 heterocycles. The van der Waals surface area contributed by atoms with Crippen molar-refractivity contribution in [3.8, 4) is 0 Å². The Labute approximate surface area is 304 Å². The van der Waals surface area contributed by atoms with Crippen LogP contribution in [0.3, 0.4) is 0 Å². The maximum atomic E-state index is 14.0. The number of rotatable bonds is 18. The fourth-order valence-electron chi connectivity index (χ4n) is 7.14. The number of hydrogen-bond acceptors (Lipinski definition) is 9. The van der Waals surface area contributed by atoms with E-state index in [-0.39, 0.29) is 25.6 Å². The van der Waals surface area contributed by atoms with E-state index >= 15 is 0 Å². The van der Waals surface area contributed by atoms with E-state index in [2.05, 4.69) is 15.0 Å². The molecule has 0 bridgehead atoms. The smallest absolute Gasteiger partial charge is 0.374 e. The molecule has 0 saturated heterocycles. The average Bonchev–Trinajstić information content (AvgIpc) is 3.82. The number of carbonyl (C=O) groups excluding carboxylic acids is 1. The van der Waals surface area contributed by atoms with Gasteiger partial charge >= 0.3 is 5.97 Å². The van der Waals surface area contributed by atoms with Crippen LogP contribution in [0.15, 0.2) is 97.3 Å². The van der Waals surface area contributed by atoms with E-state index in [9.17, 15) is 9.90 Å². The highest BCUT2D eigenvalue weighted by Gasteiger charge is 2.65. The number of aliphatic hydroxyl groups excluding tert-OH is 1. The van der Waals surface area contributed by atoms with Crippen LogP contribution >= 0.6 is 0 Å². The molecule has 1 fully saturated rings. The second kappa shape index (κ2) is 17.9. The fourth-order valence-corrected chi connectivity index (χ4v) is 7.14. The van der Waals surface area contributed by atoms with Crippen LogP contribution in [0.4, 0.5) is 0 Å². The molecule has 5 aromatic rings. The van der Waals surface area contributed by atoms with Crippen LogP contribution in [0.25, 0.3) is 10.9 Å². The Morgan fingerprint density at radius 2 is 1.50 bits per heavy atom. The third-order valence-corrected chi connectivity index (χ3v) is 9.62. The lowest BCUT2D eigenvalue weighted by atomic mass is 9.70. The fraction of sp³-hybridized carbons (Fsp3) is 0.415. The number of aliphatic hydroxyl groups is 1. The standard InChI is InChI=1S/C41H50N4O7/c1-3-51-41(32-25-43-33-21-13-12-20-31(32)33)37(46)35(48-23-15-5-4-14-22-42)34(49-26-29-16-8-6-9-17-29)36(50-27-30-18-10-7-11-19-30)38(41)52-40(47)39-44-24-28(2)45-39/h6-13,16-21,24-25,34-38,43,46H,3-5,14-15,22-23,26-27,42H2,1-2H3,(H,44,45). The molecule has 11 nitrogen and oxygen atoms in total. The highest BCUT2D eigenvalue weighted by atomic mass is 16.6. The van der Waals surface area contributed by atoms with E-state index in [0.717, 1.165) is 47.7 Å². The van der Waals surface area contributed by atoms with Crippen molar-refractivity contribution in [1.29, 1.82) is 0 Å². The SMILES string of the molecule is CCOC1(c2c[nH]c3ccccc23)C(O)C(OCCCCCCN)C(OCc2ccccc2)C(OCc2ccccc2)C1OC(=O)c1ncc(C)[nH]1. The highest BCUT2D eigenvalue weighted by molar-refractivity contribution is 5.86. The minimum absolute atomic E-state index is 0.0238. The van der Waals surface area contributed by atoms with Gasteiger partial charge in [-0.1, -0.05) is 91.7 Å². The predicted octanol–water partition coefficient (Wildman–Crippen LogP) is 6.11. The van der Waals surface area contributed by atoms with Gasteiger partial charge in [0.1, 0.15) is 24.4 Å². The predicted molar refractivity (Wildman–Crippen MR) is 197 cm³/mol. The lowest BCUT2D eigenvalue weighted by Gasteiger charge is -2.54. The second-order valence-corrected chi connectivity index (χ2v) is 13.2. The molecule has 1 aliphatic rings. The van der Waals surface area contributed by atoms with Gasteiger partial charge in [0.25, 0.3) is 0 Å². The van der Waals surface area contributed by atoms with Crippen molar-refractivity contribution >= 4 is 16.9 Å². The molecule has 1 aliphatic carbocycles. The molecule has 0 radical (unpaired) electrons. The van der Waals surface area contributed by atoms with E-state index in [1.807, 2.05) is 105 Å². The number of fused-ring (bicyclic) bond motifs is 1. The average molecular weight is 711 g/mol. The minimum atomic E-state index is -1.66. The number of carbonyl (C=O) groups is 1. The number of unbranched alkanes of at least 4 members (excludes halogenated alkanes) is 3. The summed E-state index contributed by atoms with van der Waals surface area (Å²) >= 11 is 0. The van der Waals surface area contributed by atoms with Crippen molar-refractivity contribution in [1.82, 2.24) is 15.0 Å². The molecule has 3 aromatic carbocycles. The van der Waals surface area contributed by atoms with Crippen LogP contribution < -0.4 is 5.73 Å². The maximum absolute atomic E-state index is 14.0. The van der Waals surface area contributed by atoms with Crippen molar-refractivity contribution in [2.75, 3.05) is 19.8 Å². The van der Waals surface area contributed by atoms with Crippen LogP contribution in [0.5, 0.6) is 0 Å². The molecular weight excluding hydrogens is 660 g/mol. The summed E-state index contributed by atoms with van der Waals surface area (Å²) in [5.74, 6) is -0.695. The molecule has 276 valence electrons. The number of H-pyrrole nitrogens is 2. The topological polar surface area (TPSA) is 154 Å². The first-order chi connectivity index (χ1) is 25.5. The van der Waals surface area contributed by atoms with Gasteiger partial charge in [-0.2, -0.15) is 0 Å². The molecule has 5 N–H and O–H groups in total. The Morgan fingerprint density at radius 1 is 0.846 bits per heavy atom. The number of benzene rings is 3. The second-order valence-electron chi connectivity index (χ2n) is 13.2. The highest BCUT2D eigenvalue weighted by Crippen LogP contribution is 2.48. The molecule has 52 heavy (non-hydrogen) atoms. The zero-order valence-corrected chi connectivity index (χ0v) is 29.9. The largest absolute Gasteiger partial charge is 0.450 e. The van der Waals surface area contributed by atoms with E-state index < -0.39 is 42.1 Å². The number of nitrogens with one attached hydrogen (secondary N) is 2. The monoisotopic (exact) mass is 710 g/mol. The number of para-hydroxylation sites is 1. The lowest BCUT2D eigenvalue weighted by Crippen LogP contribution is -2.72. The van der Waals surface area contributed by atoms with Crippen LogP contribution in [0.1, 0.15) is 65.6 Å². The molecule has 0 aliphatic heterocycles. The number of nitrogens with zero attached hydrogens (tertiary/aromatic N) is 1. The first kappa shape index (κ1) is 37.4. The van der Waals surface area contributed by atoms with Crippen molar-refractivity contribution in [3.05, 3.63) is 126 Å². The van der Waals surface area contributed by atoms with Gasteiger partial charge in [0.2, 0.25) is 5.82 Å². The van der Waals surface area contributed by atoms with E-state index in [1.165, 1.54) is 0 Å². The van der Waals surface area contributed by atoms with Crippen molar-refractivity contribution in [2.24, 2.45) is 5.73 Å². The van der Waals surface area contributed by atoms with E-state index in [1.54, 1.807) is 6.20 Å². The van der Waals surface area contributed by atoms with Gasteiger partial charge < -0.3 is 44.5 Å². The molecule has 1 saturated carbocycles. The number of ether oxygens (including phenoxy) is 5. The maximum Gasteiger partial charge on any atom is 0.374 e. The molecule has 0 amide bonds. The van der Waals surface area contributed by atoms with Crippen molar-refractivity contribution < 1.29 is 33.6 Å². The summed E-state index contributed by atoms with van der Waals surface area (Å²) < 4.78 is 33.5. The van der Waals surface area contributed by atoms with E-state index in [4.69, 9.17) is 29.4 Å². The summed E-state index contributed by atoms with van der Waals surface area (Å²) in [4.78, 5) is 24.6. The number of aromatic nitrogens is 3. The normalized spacial score (nSPS) is 23.2. The molecule has 11 heteroatoms. The number of nitrogens with two attached hydrogens (primary N) is 1. The van der Waals surface area contributed by atoms with Crippen molar-refractivity contribution in [2.45, 2.75) is 88.9 Å². The summed E-state index contributed by atoms with van der Waals surface area (Å²) in [5.41, 5.74) is 8.05. The zero-order chi connectivity index (χ0) is 36.3. The van der Waals surface area contributed by atoms with Crippen LogP contribution in [-0.4, -0.2) is 76.3 Å². The van der Waals surface area contributed by atoms with Gasteiger partial charge in [0.15, 0.2) is 11.7 Å². The Morgan fingerprint density at radius 3 is 2.15 bits per heavy atom. The number of imidazole rings is 1. The Balaban J connectivity index is 1.49. The number of hydrogen-bond donors (Lipinski definition) is 4. The number of aryl methyl sites for hydroxylation is 1. The summed E-state index contributed by atoms with van der Waals surface area (Å²) in [6.45, 7) is 5.20. The van der Waals surface area contributed by atoms with Gasteiger partial charge in [0, 0.05) is 47.8 Å². The molecule has 6 unspecified atom stereocenters. The van der Waals surface area contributed by atoms with Crippen LogP contribution in [0, 0.1) is 6.92 Å². The Bertz CT molecular complexity index is 1830. The summed E-state index contributed by atoms with van der Waals surface area (Å²) in [7, 11) is 0. The van der Waals surface area contributed by atoms with Gasteiger partial charge in [-0.3, -0.25) is 0 Å². The number of aromatic amines is 2. The Hall–Kier alpha value is -4.36. The lowest BCUT2D eigenvalue weighted by molar-refractivity contribution is -0.310. The van der Waals surface area contributed by atoms with Gasteiger partial charge in [-0.05, 0) is 50.4 Å². The first-order valence-electron chi connectivity index (χ1n) is 18.2. The molecule has 0 spiro atoms. The van der Waals surface area contributed by atoms with Crippen LogP contribution in [-0.2, 0) is 42.5 Å². The van der Waals surface area contributed by atoms with Gasteiger partial charge in [-0.25, -0.2) is 9.78 Å². The Kier molecular flexibility index (Phi) is 12.9. The summed E-state index contributed by atoms with van der Waals surface area (Å²) in [6.07, 6.45) is 1.55. The molecule has 6 rings (SSSR count). The third-order valence-electron chi connectivity index (χ3n) is 9.62. The van der Waals surface area contributed by atoms with Crippen molar-refractivity contribution in [3.63, 3.8) is 0 Å². The number of esters is 1. The zero-order valence-electron chi connectivity index (χ0n) is 29.9. The van der Waals surface area contributed by atoms with E-state index in [0.29, 0.717) is 24.4 Å². The van der Waals surface area contributed by atoms with Gasteiger partial charge in [-0.15, -0.1) is 0 Å². The van der Waals surface area contributed by atoms with Crippen LogP contribution in [0.2, 0.25) is 0 Å². The summed E-state index contributed by atoms with van der Waals surface area (Å²) in [6, 6.07) is 27.3. The molecular formula is C41H50N4O7. The quantitative estimate of drug-likeness (QED) is 0.0624. The third kappa shape index (κ3) is 8.31. The summed E-state index contributed by atoms with van der Waals surface area (Å²) in [5, 5.41) is 13.7. The first-order valence-corrected chi connectivity index (χ1v) is 18.2. The molecule has 6 atom stereocenters. The molecule has 2 aromatic heterocycles. The minimum Gasteiger partial charge on any atom is -0.450 e. The van der Waals surface area contributed by atoms with Gasteiger partial charge in [0.05, 0.1) is 13.2 Å².